The first kappa shape index (κ1) is 12.1. The molecular weight excluding hydrogens is 214 g/mol. The van der Waals surface area contributed by atoms with Crippen molar-refractivity contribution in [2.45, 2.75) is 25.7 Å². The fourth-order valence-electron chi connectivity index (χ4n) is 2.39. The Kier molecular flexibility index (Phi) is 3.79. The Bertz CT molecular complexity index is 403. The van der Waals surface area contributed by atoms with Crippen LogP contribution in [0.25, 0.3) is 0 Å². The summed E-state index contributed by atoms with van der Waals surface area (Å²) in [5.74, 6) is 0.254. The number of carbonyl (C=O) groups is 1. The van der Waals surface area contributed by atoms with Crippen molar-refractivity contribution in [3.63, 3.8) is 0 Å². The minimum atomic E-state index is 0.0462. The minimum Gasteiger partial charge on any atom is -0.396 e. The van der Waals surface area contributed by atoms with Crippen LogP contribution in [-0.2, 0) is 11.2 Å². The van der Waals surface area contributed by atoms with Gasteiger partial charge in [-0.1, -0.05) is 24.3 Å². The molecule has 0 aliphatic heterocycles. The lowest BCUT2D eigenvalue weighted by Crippen LogP contribution is -2.40. The van der Waals surface area contributed by atoms with E-state index in [0.29, 0.717) is 13.0 Å². The van der Waals surface area contributed by atoms with Gasteiger partial charge in [-0.05, 0) is 30.9 Å². The van der Waals surface area contributed by atoms with Gasteiger partial charge >= 0.3 is 0 Å². The molecule has 1 unspecified atom stereocenters. The molecule has 3 heteroatoms. The van der Waals surface area contributed by atoms with Crippen molar-refractivity contribution < 1.29 is 9.90 Å². The maximum absolute atomic E-state index is 12.3. The quantitative estimate of drug-likeness (QED) is 0.838. The maximum atomic E-state index is 12.3. The number of fused-ring (bicyclic) bond motifs is 1. The molecule has 1 aliphatic rings. The molecule has 0 heterocycles. The molecule has 0 saturated carbocycles. The Morgan fingerprint density at radius 2 is 2.24 bits per heavy atom. The highest BCUT2D eigenvalue weighted by Gasteiger charge is 2.33. The number of amides is 1. The van der Waals surface area contributed by atoms with Crippen molar-refractivity contribution >= 4 is 5.91 Å². The molecule has 0 aromatic heterocycles. The third-order valence-corrected chi connectivity index (χ3v) is 3.43. The van der Waals surface area contributed by atoms with Gasteiger partial charge in [0.2, 0.25) is 5.91 Å². The molecule has 1 aliphatic carbocycles. The zero-order valence-corrected chi connectivity index (χ0v) is 10.2. The number of likely N-dealkylation sites (N-methyl/N-ethyl adjacent to an activating group) is 1. The largest absolute Gasteiger partial charge is 0.396 e. The summed E-state index contributed by atoms with van der Waals surface area (Å²) in [6.45, 7) is 3.51. The van der Waals surface area contributed by atoms with Gasteiger partial charge in [0.25, 0.3) is 0 Å². The van der Waals surface area contributed by atoms with Gasteiger partial charge in [0.05, 0.1) is 5.92 Å². The minimum absolute atomic E-state index is 0.0462. The Morgan fingerprint density at radius 1 is 1.47 bits per heavy atom. The monoisotopic (exact) mass is 233 g/mol. The summed E-state index contributed by atoms with van der Waals surface area (Å²) in [5.41, 5.74) is 2.48. The van der Waals surface area contributed by atoms with Crippen LogP contribution in [0.5, 0.6) is 0 Å². The molecule has 92 valence electrons. The first-order valence-corrected chi connectivity index (χ1v) is 6.25. The second-order valence-corrected chi connectivity index (χ2v) is 4.45. The van der Waals surface area contributed by atoms with Crippen LogP contribution in [0, 0.1) is 0 Å². The van der Waals surface area contributed by atoms with Crippen molar-refractivity contribution in [1.82, 2.24) is 4.90 Å². The Labute approximate surface area is 102 Å². The Balaban J connectivity index is 2.02. The zero-order valence-electron chi connectivity index (χ0n) is 10.2. The molecule has 2 rings (SSSR count). The molecule has 0 saturated heterocycles. The smallest absolute Gasteiger partial charge is 0.230 e. The van der Waals surface area contributed by atoms with E-state index in [9.17, 15) is 4.79 Å². The molecule has 3 nitrogen and oxygen atoms in total. The third-order valence-electron chi connectivity index (χ3n) is 3.43. The van der Waals surface area contributed by atoms with E-state index < -0.39 is 0 Å². The van der Waals surface area contributed by atoms with Gasteiger partial charge < -0.3 is 10.0 Å². The van der Waals surface area contributed by atoms with Crippen LogP contribution in [0.15, 0.2) is 24.3 Å². The molecule has 0 fully saturated rings. The van der Waals surface area contributed by atoms with Gasteiger partial charge in [0.1, 0.15) is 0 Å². The van der Waals surface area contributed by atoms with E-state index in [1.165, 1.54) is 11.1 Å². The second kappa shape index (κ2) is 5.32. The predicted octanol–water partition coefficient (Wildman–Crippen LogP) is 1.56. The van der Waals surface area contributed by atoms with Crippen LogP contribution in [0.4, 0.5) is 0 Å². The number of carbonyl (C=O) groups excluding carboxylic acids is 1. The lowest BCUT2D eigenvalue weighted by atomic mass is 9.77. The fraction of sp³-hybridized carbons (Fsp3) is 0.500. The highest BCUT2D eigenvalue weighted by molar-refractivity contribution is 5.86. The van der Waals surface area contributed by atoms with E-state index in [-0.39, 0.29) is 18.4 Å². The molecule has 0 radical (unpaired) electrons. The van der Waals surface area contributed by atoms with Gasteiger partial charge in [-0.15, -0.1) is 0 Å². The third kappa shape index (κ3) is 2.34. The van der Waals surface area contributed by atoms with E-state index in [2.05, 4.69) is 6.07 Å². The Hall–Kier alpha value is -1.35. The molecule has 1 aromatic rings. The van der Waals surface area contributed by atoms with Gasteiger partial charge in [-0.3, -0.25) is 4.79 Å². The van der Waals surface area contributed by atoms with Crippen molar-refractivity contribution in [2.75, 3.05) is 19.7 Å². The van der Waals surface area contributed by atoms with Crippen LogP contribution >= 0.6 is 0 Å². The summed E-state index contributed by atoms with van der Waals surface area (Å²) < 4.78 is 0. The highest BCUT2D eigenvalue weighted by Crippen LogP contribution is 2.36. The number of nitrogens with zero attached hydrogens (tertiary/aromatic N) is 1. The summed E-state index contributed by atoms with van der Waals surface area (Å²) in [5, 5.41) is 8.82. The molecule has 0 spiro atoms. The average molecular weight is 233 g/mol. The summed E-state index contributed by atoms with van der Waals surface area (Å²) in [7, 11) is 0. The predicted molar refractivity (Wildman–Crippen MR) is 66.8 cm³/mol. The van der Waals surface area contributed by atoms with Gasteiger partial charge in [-0.2, -0.15) is 0 Å². The standard InChI is InChI=1S/C14H19NO2/c1-2-15(8-5-9-16)14(17)13-10-11-6-3-4-7-12(11)13/h3-4,6-7,13,16H,2,5,8-10H2,1H3. The SMILES string of the molecule is CCN(CCCO)C(=O)C1Cc2ccccc21. The second-order valence-electron chi connectivity index (χ2n) is 4.45. The Morgan fingerprint density at radius 3 is 2.88 bits per heavy atom. The maximum Gasteiger partial charge on any atom is 0.230 e. The number of rotatable bonds is 5. The van der Waals surface area contributed by atoms with E-state index in [0.717, 1.165) is 13.0 Å². The fourth-order valence-corrected chi connectivity index (χ4v) is 2.39. The molecule has 1 N–H and O–H groups in total. The van der Waals surface area contributed by atoms with Crippen LogP contribution < -0.4 is 0 Å². The number of benzene rings is 1. The first-order valence-electron chi connectivity index (χ1n) is 6.25. The van der Waals surface area contributed by atoms with Crippen molar-refractivity contribution in [3.05, 3.63) is 35.4 Å². The van der Waals surface area contributed by atoms with Crippen molar-refractivity contribution in [3.8, 4) is 0 Å². The number of hydrogen-bond acceptors (Lipinski definition) is 2. The number of hydrogen-bond donors (Lipinski definition) is 1. The lowest BCUT2D eigenvalue weighted by Gasteiger charge is -2.33. The van der Waals surface area contributed by atoms with E-state index in [1.807, 2.05) is 30.0 Å². The lowest BCUT2D eigenvalue weighted by molar-refractivity contribution is -0.133. The zero-order chi connectivity index (χ0) is 12.3. The topological polar surface area (TPSA) is 40.5 Å². The summed E-state index contributed by atoms with van der Waals surface area (Å²) in [6.07, 6.45) is 1.53. The summed E-state index contributed by atoms with van der Waals surface area (Å²) in [4.78, 5) is 14.1. The molecular formula is C14H19NO2. The van der Waals surface area contributed by atoms with Crippen LogP contribution in [0.2, 0.25) is 0 Å². The normalized spacial score (nSPS) is 17.2. The molecule has 0 bridgehead atoms. The first-order chi connectivity index (χ1) is 8.27. The highest BCUT2D eigenvalue weighted by atomic mass is 16.3. The van der Waals surface area contributed by atoms with E-state index >= 15 is 0 Å². The summed E-state index contributed by atoms with van der Waals surface area (Å²) in [6, 6.07) is 8.13. The number of aliphatic hydroxyl groups excluding tert-OH is 1. The van der Waals surface area contributed by atoms with Crippen LogP contribution in [0.3, 0.4) is 0 Å². The van der Waals surface area contributed by atoms with Crippen molar-refractivity contribution in [2.24, 2.45) is 0 Å². The van der Waals surface area contributed by atoms with Crippen LogP contribution in [-0.4, -0.2) is 35.6 Å². The molecule has 17 heavy (non-hydrogen) atoms. The van der Waals surface area contributed by atoms with Gasteiger partial charge in [0, 0.05) is 19.7 Å². The number of aliphatic hydroxyl groups is 1. The summed E-state index contributed by atoms with van der Waals surface area (Å²) >= 11 is 0. The molecule has 1 aromatic carbocycles. The van der Waals surface area contributed by atoms with Gasteiger partial charge in [0.15, 0.2) is 0 Å². The van der Waals surface area contributed by atoms with Gasteiger partial charge in [-0.25, -0.2) is 0 Å². The van der Waals surface area contributed by atoms with E-state index in [4.69, 9.17) is 5.11 Å². The molecule has 1 amide bonds. The van der Waals surface area contributed by atoms with Crippen molar-refractivity contribution in [1.29, 1.82) is 0 Å². The van der Waals surface area contributed by atoms with E-state index in [1.54, 1.807) is 0 Å². The van der Waals surface area contributed by atoms with Crippen LogP contribution in [0.1, 0.15) is 30.4 Å². The average Bonchev–Trinajstić information content (AvgIpc) is 2.32. The molecule has 1 atom stereocenters.